The molecule has 7 heteroatoms. The minimum absolute atomic E-state index is 0.0190. The van der Waals surface area contributed by atoms with Crippen LogP contribution in [0.3, 0.4) is 0 Å². The van der Waals surface area contributed by atoms with Gasteiger partial charge in [0, 0.05) is 11.4 Å². The summed E-state index contributed by atoms with van der Waals surface area (Å²) in [5, 5.41) is 8.66. The molecule has 0 radical (unpaired) electrons. The van der Waals surface area contributed by atoms with Gasteiger partial charge < -0.3 is 16.0 Å². The molecule has 1 unspecified atom stereocenters. The van der Waals surface area contributed by atoms with Gasteiger partial charge >= 0.3 is 0 Å². The fraction of sp³-hybridized carbons (Fsp3) is 0.238. The molecule has 0 spiro atoms. The summed E-state index contributed by atoms with van der Waals surface area (Å²) in [5.41, 5.74) is 1.22. The fourth-order valence-corrected chi connectivity index (χ4v) is 3.19. The molecule has 0 aliphatic heterocycles. The standard InChI is InChI=1S/C21H21ClFN3O2/c22-15-9-10-16(23)19(12-15)26-21(28)13-24-17-7-3-4-8-18(17)25-20(27)11-14-5-1-2-6-14/h1,3-5,7-10,12,14,24H,2,6,11,13H2,(H,25,27)(H,26,28). The number of para-hydroxylation sites is 2. The molecule has 0 bridgehead atoms. The van der Waals surface area contributed by atoms with Gasteiger partial charge in [-0.05, 0) is 49.1 Å². The Bertz CT molecular complexity index is 901. The van der Waals surface area contributed by atoms with Crippen LogP contribution in [0.2, 0.25) is 5.02 Å². The lowest BCUT2D eigenvalue weighted by Gasteiger charge is -2.14. The first-order valence-electron chi connectivity index (χ1n) is 9.05. The van der Waals surface area contributed by atoms with Crippen LogP contribution in [-0.2, 0) is 9.59 Å². The lowest BCUT2D eigenvalue weighted by atomic mass is 10.0. The van der Waals surface area contributed by atoms with E-state index in [9.17, 15) is 14.0 Å². The predicted molar refractivity (Wildman–Crippen MR) is 110 cm³/mol. The first kappa shape index (κ1) is 19.9. The lowest BCUT2D eigenvalue weighted by molar-refractivity contribution is -0.117. The van der Waals surface area contributed by atoms with Gasteiger partial charge in [-0.25, -0.2) is 4.39 Å². The number of anilines is 3. The summed E-state index contributed by atoms with van der Waals surface area (Å²) in [6, 6.07) is 11.1. The molecular formula is C21H21ClFN3O2. The Balaban J connectivity index is 1.56. The number of carbonyl (C=O) groups excluding carboxylic acids is 2. The van der Waals surface area contributed by atoms with E-state index in [2.05, 4.69) is 28.1 Å². The Hall–Kier alpha value is -2.86. The molecule has 5 nitrogen and oxygen atoms in total. The molecule has 1 aliphatic rings. The second-order valence-corrected chi connectivity index (χ2v) is 7.03. The van der Waals surface area contributed by atoms with E-state index in [4.69, 9.17) is 11.6 Å². The lowest BCUT2D eigenvalue weighted by Crippen LogP contribution is -2.23. The molecule has 2 aromatic rings. The Morgan fingerprint density at radius 2 is 1.79 bits per heavy atom. The number of hydrogen-bond donors (Lipinski definition) is 3. The summed E-state index contributed by atoms with van der Waals surface area (Å²) in [4.78, 5) is 24.4. The van der Waals surface area contributed by atoms with E-state index in [1.807, 2.05) is 0 Å². The minimum Gasteiger partial charge on any atom is -0.374 e. The topological polar surface area (TPSA) is 70.2 Å². The zero-order chi connectivity index (χ0) is 19.9. The number of nitrogens with one attached hydrogen (secondary N) is 3. The maximum Gasteiger partial charge on any atom is 0.243 e. The summed E-state index contributed by atoms with van der Waals surface area (Å²) >= 11 is 5.83. The highest BCUT2D eigenvalue weighted by molar-refractivity contribution is 6.30. The third-order valence-corrected chi connectivity index (χ3v) is 4.64. The number of halogens is 2. The summed E-state index contributed by atoms with van der Waals surface area (Å²) in [6.07, 6.45) is 6.60. The molecule has 0 aromatic heterocycles. The average molecular weight is 402 g/mol. The molecule has 0 saturated carbocycles. The van der Waals surface area contributed by atoms with Crippen LogP contribution in [0.5, 0.6) is 0 Å². The van der Waals surface area contributed by atoms with Crippen molar-refractivity contribution in [1.82, 2.24) is 0 Å². The van der Waals surface area contributed by atoms with Gasteiger partial charge in [-0.2, -0.15) is 0 Å². The second kappa shape index (κ2) is 9.37. The first-order valence-corrected chi connectivity index (χ1v) is 9.43. The van der Waals surface area contributed by atoms with E-state index in [0.717, 1.165) is 12.8 Å². The van der Waals surface area contributed by atoms with Crippen molar-refractivity contribution in [1.29, 1.82) is 0 Å². The second-order valence-electron chi connectivity index (χ2n) is 6.59. The van der Waals surface area contributed by atoms with Crippen LogP contribution < -0.4 is 16.0 Å². The maximum atomic E-state index is 13.7. The fourth-order valence-electron chi connectivity index (χ4n) is 3.01. The highest BCUT2D eigenvalue weighted by atomic mass is 35.5. The van der Waals surface area contributed by atoms with Gasteiger partial charge in [0.2, 0.25) is 11.8 Å². The zero-order valence-corrected chi connectivity index (χ0v) is 15.9. The Labute approximate surface area is 168 Å². The minimum atomic E-state index is -0.564. The normalized spacial score (nSPS) is 15.3. The SMILES string of the molecule is O=C(CNc1ccccc1NC(=O)CC1C=CCC1)Nc1cc(Cl)ccc1F. The predicted octanol–water partition coefficient (Wildman–Crippen LogP) is 4.82. The molecule has 146 valence electrons. The zero-order valence-electron chi connectivity index (χ0n) is 15.2. The van der Waals surface area contributed by atoms with Gasteiger partial charge in [-0.3, -0.25) is 9.59 Å². The van der Waals surface area contributed by atoms with E-state index < -0.39 is 11.7 Å². The van der Waals surface area contributed by atoms with Gasteiger partial charge in [0.15, 0.2) is 0 Å². The van der Waals surface area contributed by atoms with Crippen LogP contribution in [0.4, 0.5) is 21.5 Å². The first-order chi connectivity index (χ1) is 13.5. The largest absolute Gasteiger partial charge is 0.374 e. The van der Waals surface area contributed by atoms with Crippen molar-refractivity contribution >= 4 is 40.5 Å². The van der Waals surface area contributed by atoms with E-state index in [1.165, 1.54) is 18.2 Å². The highest BCUT2D eigenvalue weighted by Crippen LogP contribution is 2.24. The molecule has 28 heavy (non-hydrogen) atoms. The summed E-state index contributed by atoms with van der Waals surface area (Å²) in [6.45, 7) is -0.0931. The van der Waals surface area contributed by atoms with Crippen molar-refractivity contribution in [2.24, 2.45) is 5.92 Å². The molecule has 3 rings (SSSR count). The van der Waals surface area contributed by atoms with Crippen LogP contribution in [0.15, 0.2) is 54.6 Å². The number of rotatable bonds is 7. The Morgan fingerprint density at radius 1 is 1.04 bits per heavy atom. The molecular weight excluding hydrogens is 381 g/mol. The molecule has 3 N–H and O–H groups in total. The van der Waals surface area contributed by atoms with Crippen molar-refractivity contribution in [3.8, 4) is 0 Å². The van der Waals surface area contributed by atoms with Gasteiger partial charge in [-0.15, -0.1) is 0 Å². The number of allylic oxidation sites excluding steroid dienone is 2. The molecule has 2 amide bonds. The van der Waals surface area contributed by atoms with Gasteiger partial charge in [-0.1, -0.05) is 35.9 Å². The highest BCUT2D eigenvalue weighted by Gasteiger charge is 2.15. The molecule has 0 heterocycles. The smallest absolute Gasteiger partial charge is 0.243 e. The van der Waals surface area contributed by atoms with Crippen LogP contribution in [0.25, 0.3) is 0 Å². The molecule has 1 atom stereocenters. The number of benzene rings is 2. The van der Waals surface area contributed by atoms with Crippen LogP contribution in [0, 0.1) is 11.7 Å². The third kappa shape index (κ3) is 5.57. The summed E-state index contributed by atoms with van der Waals surface area (Å²) < 4.78 is 13.7. The van der Waals surface area contributed by atoms with Crippen LogP contribution in [-0.4, -0.2) is 18.4 Å². The van der Waals surface area contributed by atoms with Crippen molar-refractivity contribution in [2.75, 3.05) is 22.5 Å². The average Bonchev–Trinajstić information content (AvgIpc) is 3.17. The quantitative estimate of drug-likeness (QED) is 0.582. The van der Waals surface area contributed by atoms with Gasteiger partial charge in [0.25, 0.3) is 0 Å². The van der Waals surface area contributed by atoms with Crippen LogP contribution >= 0.6 is 11.6 Å². The van der Waals surface area contributed by atoms with Crippen molar-refractivity contribution in [3.63, 3.8) is 0 Å². The third-order valence-electron chi connectivity index (χ3n) is 4.40. The van der Waals surface area contributed by atoms with Gasteiger partial charge in [0.1, 0.15) is 5.82 Å². The van der Waals surface area contributed by atoms with Crippen LogP contribution in [0.1, 0.15) is 19.3 Å². The van der Waals surface area contributed by atoms with E-state index in [-0.39, 0.29) is 24.1 Å². The maximum absolute atomic E-state index is 13.7. The number of amides is 2. The summed E-state index contributed by atoms with van der Waals surface area (Å²) in [5.74, 6) is -0.792. The van der Waals surface area contributed by atoms with Gasteiger partial charge in [0.05, 0.1) is 23.6 Å². The monoisotopic (exact) mass is 401 g/mol. The van der Waals surface area contributed by atoms with E-state index in [1.54, 1.807) is 24.3 Å². The number of carbonyl (C=O) groups is 2. The molecule has 1 aliphatic carbocycles. The van der Waals surface area contributed by atoms with Crippen molar-refractivity contribution < 1.29 is 14.0 Å². The molecule has 2 aromatic carbocycles. The molecule has 0 saturated heterocycles. The van der Waals surface area contributed by atoms with Crippen molar-refractivity contribution in [2.45, 2.75) is 19.3 Å². The Kier molecular flexibility index (Phi) is 6.66. The van der Waals surface area contributed by atoms with E-state index in [0.29, 0.717) is 22.8 Å². The Morgan fingerprint density at radius 3 is 2.54 bits per heavy atom. The van der Waals surface area contributed by atoms with E-state index >= 15 is 0 Å². The number of hydrogen-bond acceptors (Lipinski definition) is 3. The molecule has 0 fully saturated rings. The van der Waals surface area contributed by atoms with Crippen molar-refractivity contribution in [3.05, 3.63) is 65.5 Å². The summed E-state index contributed by atoms with van der Waals surface area (Å²) in [7, 11) is 0.